The molecular formula is C22H23N3O. The highest BCUT2D eigenvalue weighted by atomic mass is 16.1. The first-order valence-corrected chi connectivity index (χ1v) is 8.66. The summed E-state index contributed by atoms with van der Waals surface area (Å²) in [5.74, 6) is 0.903. The lowest BCUT2D eigenvalue weighted by molar-refractivity contribution is -0.114. The SMILES string of the molecule is C=C1CC(c2ccc(NC(C)=O)cc2)c2ccccc2C1=NC(C)=NC. The van der Waals surface area contributed by atoms with Crippen molar-refractivity contribution in [1.82, 2.24) is 0 Å². The molecule has 4 nitrogen and oxygen atoms in total. The van der Waals surface area contributed by atoms with Gasteiger partial charge in [-0.3, -0.25) is 9.79 Å². The maximum Gasteiger partial charge on any atom is 0.221 e. The molecular weight excluding hydrogens is 322 g/mol. The van der Waals surface area contributed by atoms with Gasteiger partial charge < -0.3 is 5.32 Å². The largest absolute Gasteiger partial charge is 0.326 e. The van der Waals surface area contributed by atoms with Crippen LogP contribution in [0.15, 0.2) is 70.7 Å². The summed E-state index contributed by atoms with van der Waals surface area (Å²) in [4.78, 5) is 20.0. The monoisotopic (exact) mass is 345 g/mol. The minimum Gasteiger partial charge on any atom is -0.326 e. The second-order valence-corrected chi connectivity index (χ2v) is 6.48. The smallest absolute Gasteiger partial charge is 0.221 e. The second-order valence-electron chi connectivity index (χ2n) is 6.48. The number of benzene rings is 2. The van der Waals surface area contributed by atoms with Crippen LogP contribution in [0.1, 0.15) is 42.9 Å². The summed E-state index contributed by atoms with van der Waals surface area (Å²) >= 11 is 0. The van der Waals surface area contributed by atoms with Crippen molar-refractivity contribution in [3.8, 4) is 0 Å². The van der Waals surface area contributed by atoms with E-state index in [1.165, 1.54) is 18.1 Å². The van der Waals surface area contributed by atoms with Crippen molar-refractivity contribution in [2.24, 2.45) is 9.98 Å². The van der Waals surface area contributed by atoms with Gasteiger partial charge in [0.05, 0.1) is 5.71 Å². The standard InChI is InChI=1S/C22H23N3O/c1-14-13-21(17-9-11-18(12-10-17)25-16(3)26)19-7-5-6-8-20(19)22(14)24-15(2)23-4/h5-12,21H,1,13H2,2-4H3,(H,25,26). The number of nitrogens with one attached hydrogen (secondary N) is 1. The van der Waals surface area contributed by atoms with Crippen molar-refractivity contribution in [3.05, 3.63) is 77.4 Å². The highest BCUT2D eigenvalue weighted by Crippen LogP contribution is 2.39. The van der Waals surface area contributed by atoms with Gasteiger partial charge in [0, 0.05) is 31.1 Å². The summed E-state index contributed by atoms with van der Waals surface area (Å²) in [5.41, 5.74) is 6.31. The summed E-state index contributed by atoms with van der Waals surface area (Å²) in [5, 5.41) is 2.81. The van der Waals surface area contributed by atoms with E-state index in [2.05, 4.69) is 52.2 Å². The molecule has 4 heteroatoms. The fraction of sp³-hybridized carbons (Fsp3) is 0.227. The van der Waals surface area contributed by atoms with Crippen LogP contribution in [0.4, 0.5) is 5.69 Å². The van der Waals surface area contributed by atoms with Crippen LogP contribution >= 0.6 is 0 Å². The van der Waals surface area contributed by atoms with Gasteiger partial charge in [-0.05, 0) is 42.2 Å². The number of nitrogens with zero attached hydrogens (tertiary/aromatic N) is 2. The van der Waals surface area contributed by atoms with Gasteiger partial charge >= 0.3 is 0 Å². The predicted octanol–water partition coefficient (Wildman–Crippen LogP) is 4.57. The molecule has 0 radical (unpaired) electrons. The van der Waals surface area contributed by atoms with Gasteiger partial charge in [-0.15, -0.1) is 0 Å². The number of fused-ring (bicyclic) bond motifs is 1. The Bertz CT molecular complexity index is 907. The Morgan fingerprint density at radius 1 is 1.12 bits per heavy atom. The first kappa shape index (κ1) is 17.8. The number of aliphatic imine (C=N–C) groups is 2. The lowest BCUT2D eigenvalue weighted by Gasteiger charge is -2.29. The van der Waals surface area contributed by atoms with E-state index in [4.69, 9.17) is 0 Å². The molecule has 1 amide bonds. The van der Waals surface area contributed by atoms with Crippen LogP contribution in [-0.4, -0.2) is 24.5 Å². The van der Waals surface area contributed by atoms with Gasteiger partial charge in [-0.25, -0.2) is 4.99 Å². The number of carbonyl (C=O) groups excluding carboxylic acids is 1. The number of allylic oxidation sites excluding steroid dienone is 1. The number of rotatable bonds is 2. The van der Waals surface area contributed by atoms with Gasteiger partial charge in [0.15, 0.2) is 0 Å². The molecule has 1 aliphatic rings. The van der Waals surface area contributed by atoms with Crippen LogP contribution in [0.25, 0.3) is 0 Å². The van der Waals surface area contributed by atoms with Crippen molar-refractivity contribution in [1.29, 1.82) is 0 Å². The molecule has 0 aromatic heterocycles. The van der Waals surface area contributed by atoms with Crippen molar-refractivity contribution < 1.29 is 4.79 Å². The number of amides is 1. The minimum atomic E-state index is -0.0667. The Balaban J connectivity index is 2.02. The molecule has 0 spiro atoms. The number of hydrogen-bond acceptors (Lipinski definition) is 2. The third-order valence-corrected chi connectivity index (χ3v) is 4.61. The van der Waals surface area contributed by atoms with E-state index in [0.29, 0.717) is 0 Å². The predicted molar refractivity (Wildman–Crippen MR) is 108 cm³/mol. The molecule has 1 atom stereocenters. The molecule has 0 saturated carbocycles. The molecule has 2 aromatic carbocycles. The third-order valence-electron chi connectivity index (χ3n) is 4.61. The summed E-state index contributed by atoms with van der Waals surface area (Å²) < 4.78 is 0. The normalized spacial score (nSPS) is 18.6. The lowest BCUT2D eigenvalue weighted by atomic mass is 9.76. The third kappa shape index (κ3) is 3.64. The average molecular weight is 345 g/mol. The highest BCUT2D eigenvalue weighted by Gasteiger charge is 2.27. The van der Waals surface area contributed by atoms with E-state index < -0.39 is 0 Å². The molecule has 0 heterocycles. The average Bonchev–Trinajstić information content (AvgIpc) is 2.64. The van der Waals surface area contributed by atoms with Gasteiger partial charge in [-0.1, -0.05) is 43.0 Å². The molecule has 1 aliphatic carbocycles. The number of carbonyl (C=O) groups is 1. The number of anilines is 1. The Hall–Kier alpha value is -3.01. The van der Waals surface area contributed by atoms with Gasteiger partial charge in [0.1, 0.15) is 5.84 Å². The molecule has 0 aliphatic heterocycles. The van der Waals surface area contributed by atoms with Crippen molar-refractivity contribution in [3.63, 3.8) is 0 Å². The van der Waals surface area contributed by atoms with Crippen molar-refractivity contribution in [2.75, 3.05) is 12.4 Å². The fourth-order valence-corrected chi connectivity index (χ4v) is 3.31. The summed E-state index contributed by atoms with van der Waals surface area (Å²) in [6, 6.07) is 16.4. The maximum absolute atomic E-state index is 11.2. The molecule has 132 valence electrons. The van der Waals surface area contributed by atoms with E-state index in [9.17, 15) is 4.79 Å². The van der Waals surface area contributed by atoms with E-state index in [-0.39, 0.29) is 11.8 Å². The summed E-state index contributed by atoms with van der Waals surface area (Å²) in [6.07, 6.45) is 0.812. The van der Waals surface area contributed by atoms with Crippen LogP contribution < -0.4 is 5.32 Å². The molecule has 1 N–H and O–H groups in total. The number of amidine groups is 1. The van der Waals surface area contributed by atoms with Crippen LogP contribution in [-0.2, 0) is 4.79 Å². The lowest BCUT2D eigenvalue weighted by Crippen LogP contribution is -2.20. The number of hydrogen-bond donors (Lipinski definition) is 1. The quantitative estimate of drug-likeness (QED) is 0.629. The van der Waals surface area contributed by atoms with E-state index in [0.717, 1.165) is 34.8 Å². The van der Waals surface area contributed by atoms with E-state index in [1.54, 1.807) is 7.05 Å². The zero-order valence-electron chi connectivity index (χ0n) is 15.4. The molecule has 3 rings (SSSR count). The maximum atomic E-state index is 11.2. The van der Waals surface area contributed by atoms with Gasteiger partial charge in [0.2, 0.25) is 5.91 Å². The summed E-state index contributed by atoms with van der Waals surface area (Å²) in [7, 11) is 1.75. The second kappa shape index (κ2) is 7.48. The van der Waals surface area contributed by atoms with Gasteiger partial charge in [0.25, 0.3) is 0 Å². The van der Waals surface area contributed by atoms with Crippen LogP contribution in [0.3, 0.4) is 0 Å². The van der Waals surface area contributed by atoms with Crippen molar-refractivity contribution >= 4 is 23.1 Å². The fourth-order valence-electron chi connectivity index (χ4n) is 3.31. The molecule has 2 aromatic rings. The summed E-state index contributed by atoms with van der Waals surface area (Å²) in [6.45, 7) is 7.68. The Kier molecular flexibility index (Phi) is 5.12. The van der Waals surface area contributed by atoms with E-state index >= 15 is 0 Å². The molecule has 0 fully saturated rings. The molecule has 26 heavy (non-hydrogen) atoms. The molecule has 1 unspecified atom stereocenters. The van der Waals surface area contributed by atoms with Crippen LogP contribution in [0.5, 0.6) is 0 Å². The molecule has 0 saturated heterocycles. The first-order chi connectivity index (χ1) is 12.5. The zero-order valence-corrected chi connectivity index (χ0v) is 15.4. The van der Waals surface area contributed by atoms with E-state index in [1.807, 2.05) is 25.1 Å². The minimum absolute atomic E-state index is 0.0667. The Morgan fingerprint density at radius 3 is 2.46 bits per heavy atom. The van der Waals surface area contributed by atoms with Crippen LogP contribution in [0, 0.1) is 0 Å². The van der Waals surface area contributed by atoms with Crippen molar-refractivity contribution in [2.45, 2.75) is 26.2 Å². The van der Waals surface area contributed by atoms with Crippen LogP contribution in [0.2, 0.25) is 0 Å². The molecule has 0 bridgehead atoms. The Labute approximate surface area is 154 Å². The van der Waals surface area contributed by atoms with Gasteiger partial charge in [-0.2, -0.15) is 0 Å². The highest BCUT2D eigenvalue weighted by molar-refractivity contribution is 6.18. The Morgan fingerprint density at radius 2 is 1.81 bits per heavy atom. The zero-order chi connectivity index (χ0) is 18.7. The first-order valence-electron chi connectivity index (χ1n) is 8.66. The topological polar surface area (TPSA) is 53.8 Å².